The second-order valence-electron chi connectivity index (χ2n) is 9.81. The van der Waals surface area contributed by atoms with E-state index in [1.54, 1.807) is 7.11 Å². The zero-order valence-electron chi connectivity index (χ0n) is 21.6. The van der Waals surface area contributed by atoms with E-state index in [9.17, 15) is 9.59 Å². The molecule has 7 nitrogen and oxygen atoms in total. The topological polar surface area (TPSA) is 66.0 Å². The Bertz CT molecular complexity index is 1310. The molecule has 7 heteroatoms. The number of pyridine rings is 1. The summed E-state index contributed by atoms with van der Waals surface area (Å²) >= 11 is 0. The van der Waals surface area contributed by atoms with Crippen LogP contribution >= 0.6 is 0 Å². The van der Waals surface area contributed by atoms with Crippen LogP contribution in [0.1, 0.15) is 30.0 Å². The monoisotopic (exact) mass is 486 g/mol. The quantitative estimate of drug-likeness (QED) is 0.543. The number of carbonyl (C=O) groups excluding carboxylic acids is 2. The maximum atomic E-state index is 13.4. The smallest absolute Gasteiger partial charge is 0.228 e. The first-order chi connectivity index (χ1) is 17.4. The molecular formula is C29H34N4O3. The van der Waals surface area contributed by atoms with Gasteiger partial charge in [-0.2, -0.15) is 0 Å². The number of carbonyl (C=O) groups is 2. The van der Waals surface area contributed by atoms with Crippen molar-refractivity contribution < 1.29 is 14.3 Å². The molecule has 0 N–H and O–H groups in total. The Morgan fingerprint density at radius 1 is 1.06 bits per heavy atom. The number of aryl methyl sites for hydroxylation is 3. The summed E-state index contributed by atoms with van der Waals surface area (Å²) in [6.07, 6.45) is 1.14. The molecule has 188 valence electrons. The SMILES string of the molecule is CCc1cccc(C)c1N1CC(C(=O)N2CCN(c3cc(C)c4cccc(OC)c4n3)CC2)CC1=O. The standard InChI is InChI=1S/C29H34N4O3/c1-5-21-9-6-8-19(2)28(21)33-18-22(17-26(33)34)29(35)32-14-12-31(13-15-32)25-16-20(3)23-10-7-11-24(36-4)27(23)30-25/h6-11,16,22H,5,12-15,17-18H2,1-4H3. The second-order valence-corrected chi connectivity index (χ2v) is 9.81. The van der Waals surface area contributed by atoms with Gasteiger partial charge in [0.25, 0.3) is 0 Å². The van der Waals surface area contributed by atoms with Gasteiger partial charge >= 0.3 is 0 Å². The van der Waals surface area contributed by atoms with Gasteiger partial charge in [0.2, 0.25) is 11.8 Å². The van der Waals surface area contributed by atoms with Crippen LogP contribution in [0.3, 0.4) is 0 Å². The molecule has 3 heterocycles. The van der Waals surface area contributed by atoms with Crippen molar-refractivity contribution in [2.45, 2.75) is 33.6 Å². The minimum absolute atomic E-state index is 0.0424. The molecule has 5 rings (SSSR count). The highest BCUT2D eigenvalue weighted by molar-refractivity contribution is 6.01. The fourth-order valence-electron chi connectivity index (χ4n) is 5.60. The molecule has 2 aromatic carbocycles. The van der Waals surface area contributed by atoms with Gasteiger partial charge in [-0.3, -0.25) is 9.59 Å². The molecule has 1 atom stereocenters. The molecule has 0 bridgehead atoms. The molecule has 0 spiro atoms. The van der Waals surface area contributed by atoms with Crippen molar-refractivity contribution in [2.75, 3.05) is 49.6 Å². The van der Waals surface area contributed by atoms with Crippen LogP contribution in [-0.4, -0.2) is 61.5 Å². The van der Waals surface area contributed by atoms with E-state index in [1.807, 2.05) is 41.0 Å². The first-order valence-electron chi connectivity index (χ1n) is 12.8. The third kappa shape index (κ3) is 4.27. The Balaban J connectivity index is 1.27. The highest BCUT2D eigenvalue weighted by Crippen LogP contribution is 2.33. The van der Waals surface area contributed by atoms with Crippen LogP contribution in [0.4, 0.5) is 11.5 Å². The average Bonchev–Trinajstić information content (AvgIpc) is 3.28. The number of para-hydroxylation sites is 2. The summed E-state index contributed by atoms with van der Waals surface area (Å²) in [6, 6.07) is 14.2. The maximum absolute atomic E-state index is 13.4. The van der Waals surface area contributed by atoms with Crippen LogP contribution in [0.25, 0.3) is 10.9 Å². The number of benzene rings is 2. The summed E-state index contributed by atoms with van der Waals surface area (Å²) in [4.78, 5) is 37.3. The van der Waals surface area contributed by atoms with E-state index in [-0.39, 0.29) is 24.2 Å². The van der Waals surface area contributed by atoms with Crippen LogP contribution in [0.15, 0.2) is 42.5 Å². The van der Waals surface area contributed by atoms with Crippen LogP contribution in [0.2, 0.25) is 0 Å². The van der Waals surface area contributed by atoms with Gasteiger partial charge in [0.05, 0.1) is 13.0 Å². The summed E-state index contributed by atoms with van der Waals surface area (Å²) in [6.45, 7) is 9.35. The number of aromatic nitrogens is 1. The van der Waals surface area contributed by atoms with E-state index in [2.05, 4.69) is 36.9 Å². The Hall–Kier alpha value is -3.61. The summed E-state index contributed by atoms with van der Waals surface area (Å²) in [5.74, 6) is 1.51. The molecule has 0 aliphatic carbocycles. The maximum Gasteiger partial charge on any atom is 0.228 e. The molecule has 0 saturated carbocycles. The number of hydrogen-bond acceptors (Lipinski definition) is 5. The van der Waals surface area contributed by atoms with E-state index in [0.717, 1.165) is 51.3 Å². The highest BCUT2D eigenvalue weighted by atomic mass is 16.5. The number of anilines is 2. The minimum Gasteiger partial charge on any atom is -0.494 e. The Labute approximate surface area is 212 Å². The predicted molar refractivity (Wildman–Crippen MR) is 143 cm³/mol. The van der Waals surface area contributed by atoms with Gasteiger partial charge in [0.1, 0.15) is 17.1 Å². The lowest BCUT2D eigenvalue weighted by atomic mass is 10.0. The van der Waals surface area contributed by atoms with Gasteiger partial charge in [-0.15, -0.1) is 0 Å². The largest absolute Gasteiger partial charge is 0.494 e. The second kappa shape index (κ2) is 9.80. The van der Waals surface area contributed by atoms with Crippen molar-refractivity contribution in [2.24, 2.45) is 5.92 Å². The van der Waals surface area contributed by atoms with Crippen molar-refractivity contribution in [3.8, 4) is 5.75 Å². The zero-order valence-corrected chi connectivity index (χ0v) is 21.6. The van der Waals surface area contributed by atoms with Crippen molar-refractivity contribution in [3.05, 3.63) is 59.2 Å². The molecule has 2 fully saturated rings. The molecule has 2 saturated heterocycles. The summed E-state index contributed by atoms with van der Waals surface area (Å²) in [5, 5.41) is 1.09. The Morgan fingerprint density at radius 3 is 2.53 bits per heavy atom. The lowest BCUT2D eigenvalue weighted by molar-refractivity contribution is -0.136. The van der Waals surface area contributed by atoms with Crippen molar-refractivity contribution in [3.63, 3.8) is 0 Å². The van der Waals surface area contributed by atoms with E-state index >= 15 is 0 Å². The number of rotatable bonds is 5. The van der Waals surface area contributed by atoms with Crippen LogP contribution in [0, 0.1) is 19.8 Å². The number of ether oxygens (including phenoxy) is 1. The number of nitrogens with zero attached hydrogens (tertiary/aromatic N) is 4. The van der Waals surface area contributed by atoms with Gasteiger partial charge in [0, 0.05) is 50.2 Å². The van der Waals surface area contributed by atoms with Crippen molar-refractivity contribution in [1.29, 1.82) is 0 Å². The van der Waals surface area contributed by atoms with Crippen molar-refractivity contribution >= 4 is 34.2 Å². The number of fused-ring (bicyclic) bond motifs is 1. The summed E-state index contributed by atoms with van der Waals surface area (Å²) in [7, 11) is 1.67. The Kier molecular flexibility index (Phi) is 6.56. The first kappa shape index (κ1) is 24.1. The van der Waals surface area contributed by atoms with Gasteiger partial charge in [-0.05, 0) is 49.1 Å². The van der Waals surface area contributed by atoms with Crippen LogP contribution in [0.5, 0.6) is 5.75 Å². The number of hydrogen-bond donors (Lipinski definition) is 0. The third-order valence-electron chi connectivity index (χ3n) is 7.58. The van der Waals surface area contributed by atoms with E-state index < -0.39 is 0 Å². The molecule has 2 amide bonds. The van der Waals surface area contributed by atoms with Gasteiger partial charge in [0.15, 0.2) is 0 Å². The predicted octanol–water partition coefficient (Wildman–Crippen LogP) is 4.12. The fraction of sp³-hybridized carbons (Fsp3) is 0.414. The van der Waals surface area contributed by atoms with Gasteiger partial charge < -0.3 is 19.4 Å². The molecule has 0 radical (unpaired) electrons. The fourth-order valence-corrected chi connectivity index (χ4v) is 5.60. The highest BCUT2D eigenvalue weighted by Gasteiger charge is 2.39. The Morgan fingerprint density at radius 2 is 1.81 bits per heavy atom. The van der Waals surface area contributed by atoms with Gasteiger partial charge in [-0.1, -0.05) is 37.3 Å². The first-order valence-corrected chi connectivity index (χ1v) is 12.8. The average molecular weight is 487 g/mol. The zero-order chi connectivity index (χ0) is 25.4. The molecule has 36 heavy (non-hydrogen) atoms. The van der Waals surface area contributed by atoms with Crippen LogP contribution < -0.4 is 14.5 Å². The molecule has 3 aromatic rings. The number of amides is 2. The molecule has 1 unspecified atom stereocenters. The van der Waals surface area contributed by atoms with E-state index in [0.29, 0.717) is 32.7 Å². The summed E-state index contributed by atoms with van der Waals surface area (Å²) < 4.78 is 5.54. The van der Waals surface area contributed by atoms with Crippen LogP contribution in [-0.2, 0) is 16.0 Å². The lowest BCUT2D eigenvalue weighted by Gasteiger charge is -2.36. The normalized spacial score (nSPS) is 18.3. The molecule has 1 aromatic heterocycles. The number of piperazine rings is 1. The molecular weight excluding hydrogens is 452 g/mol. The van der Waals surface area contributed by atoms with E-state index in [1.165, 1.54) is 0 Å². The molecule has 2 aliphatic rings. The summed E-state index contributed by atoms with van der Waals surface area (Å²) in [5.41, 5.74) is 5.23. The molecule has 2 aliphatic heterocycles. The third-order valence-corrected chi connectivity index (χ3v) is 7.58. The lowest BCUT2D eigenvalue weighted by Crippen LogP contribution is -2.51. The van der Waals surface area contributed by atoms with E-state index in [4.69, 9.17) is 9.72 Å². The van der Waals surface area contributed by atoms with Crippen molar-refractivity contribution in [1.82, 2.24) is 9.88 Å². The number of methoxy groups -OCH3 is 1. The van der Waals surface area contributed by atoms with Gasteiger partial charge in [-0.25, -0.2) is 4.98 Å². The minimum atomic E-state index is -0.293.